The van der Waals surface area contributed by atoms with Gasteiger partial charge in [0.15, 0.2) is 0 Å². The lowest BCUT2D eigenvalue weighted by molar-refractivity contribution is 0.0945. The van der Waals surface area contributed by atoms with E-state index in [-0.39, 0.29) is 11.7 Å². The highest BCUT2D eigenvalue weighted by Gasteiger charge is 2.08. The van der Waals surface area contributed by atoms with Crippen molar-refractivity contribution in [2.45, 2.75) is 25.7 Å². The van der Waals surface area contributed by atoms with Gasteiger partial charge in [0.1, 0.15) is 6.26 Å². The van der Waals surface area contributed by atoms with Crippen LogP contribution < -0.4 is 0 Å². The third kappa shape index (κ3) is 3.72. The minimum Gasteiger partial charge on any atom is -0.442 e. The molecule has 1 aromatic rings. The minimum atomic E-state index is -0.000396. The summed E-state index contributed by atoms with van der Waals surface area (Å²) in [7, 11) is 0. The van der Waals surface area contributed by atoms with Crippen LogP contribution in [0.1, 0.15) is 36.4 Å². The quantitative estimate of drug-likeness (QED) is 0.440. The first-order chi connectivity index (χ1) is 6.34. The Kier molecular flexibility index (Phi) is 4.75. The molecule has 0 N–H and O–H groups in total. The topological polar surface area (TPSA) is 43.1 Å². The molecule has 0 fully saturated rings. The van der Waals surface area contributed by atoms with Crippen molar-refractivity contribution in [3.05, 3.63) is 18.4 Å². The van der Waals surface area contributed by atoms with Crippen molar-refractivity contribution in [2.24, 2.45) is 0 Å². The van der Waals surface area contributed by atoms with Gasteiger partial charge in [0.05, 0.1) is 6.20 Å². The van der Waals surface area contributed by atoms with Crippen LogP contribution >= 0.6 is 15.9 Å². The van der Waals surface area contributed by atoms with Gasteiger partial charge in [-0.2, -0.15) is 0 Å². The summed E-state index contributed by atoms with van der Waals surface area (Å²) in [5, 5.41) is 1.00. The summed E-state index contributed by atoms with van der Waals surface area (Å²) in [6, 6.07) is 0. The van der Waals surface area contributed by atoms with Gasteiger partial charge < -0.3 is 4.42 Å². The summed E-state index contributed by atoms with van der Waals surface area (Å²) < 4.78 is 4.88. The number of unbranched alkanes of at least 4 members (excludes halogenated alkanes) is 2. The van der Waals surface area contributed by atoms with Crippen molar-refractivity contribution < 1.29 is 9.21 Å². The number of halogens is 1. The molecule has 0 aromatic carbocycles. The van der Waals surface area contributed by atoms with E-state index in [0.29, 0.717) is 6.42 Å². The largest absolute Gasteiger partial charge is 0.442 e. The maximum absolute atomic E-state index is 11.3. The first-order valence-corrected chi connectivity index (χ1v) is 5.45. The number of rotatable bonds is 6. The number of hydrogen-bond acceptors (Lipinski definition) is 3. The zero-order chi connectivity index (χ0) is 9.52. The van der Waals surface area contributed by atoms with E-state index in [1.54, 1.807) is 0 Å². The number of ketones is 1. The standard InChI is InChI=1S/C9H12BrNO2/c10-5-3-1-2-4-8(12)9-11-6-7-13-9/h6-7H,1-5H2. The lowest BCUT2D eigenvalue weighted by Gasteiger charge is -1.95. The van der Waals surface area contributed by atoms with Crippen LogP contribution in [0.4, 0.5) is 0 Å². The third-order valence-electron chi connectivity index (χ3n) is 1.71. The Labute approximate surface area is 85.7 Å². The molecule has 1 rings (SSSR count). The molecule has 0 saturated carbocycles. The number of Topliss-reactive ketones (excluding diaryl/α,β-unsaturated/α-hetero) is 1. The molecule has 0 aliphatic carbocycles. The minimum absolute atomic E-state index is 0.000396. The van der Waals surface area contributed by atoms with Gasteiger partial charge in [-0.3, -0.25) is 4.79 Å². The monoisotopic (exact) mass is 245 g/mol. The third-order valence-corrected chi connectivity index (χ3v) is 2.27. The molecule has 0 amide bonds. The van der Waals surface area contributed by atoms with Crippen LogP contribution in [0.25, 0.3) is 0 Å². The highest BCUT2D eigenvalue weighted by atomic mass is 79.9. The highest BCUT2D eigenvalue weighted by molar-refractivity contribution is 9.09. The molecule has 0 atom stereocenters. The molecule has 1 aromatic heterocycles. The van der Waals surface area contributed by atoms with Gasteiger partial charge in [-0.05, 0) is 12.8 Å². The van der Waals surface area contributed by atoms with E-state index >= 15 is 0 Å². The molecule has 0 unspecified atom stereocenters. The number of carbonyl (C=O) groups is 1. The molecule has 1 heterocycles. The Morgan fingerprint density at radius 2 is 2.31 bits per heavy atom. The molecule has 0 spiro atoms. The van der Waals surface area contributed by atoms with Crippen LogP contribution in [-0.2, 0) is 0 Å². The summed E-state index contributed by atoms with van der Waals surface area (Å²) in [6.45, 7) is 0. The van der Waals surface area contributed by atoms with Gasteiger partial charge in [-0.15, -0.1) is 0 Å². The fraction of sp³-hybridized carbons (Fsp3) is 0.556. The molecule has 0 bridgehead atoms. The van der Waals surface area contributed by atoms with Gasteiger partial charge in [-0.25, -0.2) is 4.98 Å². The van der Waals surface area contributed by atoms with E-state index in [4.69, 9.17) is 4.42 Å². The summed E-state index contributed by atoms with van der Waals surface area (Å²) in [5.74, 6) is 0.235. The predicted octanol–water partition coefficient (Wildman–Crippen LogP) is 2.81. The SMILES string of the molecule is O=C(CCCCCBr)c1ncco1. The van der Waals surface area contributed by atoms with Crippen LogP contribution in [0.5, 0.6) is 0 Å². The van der Waals surface area contributed by atoms with E-state index in [0.717, 1.165) is 24.6 Å². The summed E-state index contributed by atoms with van der Waals surface area (Å²) in [4.78, 5) is 15.1. The fourth-order valence-electron chi connectivity index (χ4n) is 1.02. The number of carbonyl (C=O) groups excluding carboxylic acids is 1. The van der Waals surface area contributed by atoms with E-state index in [2.05, 4.69) is 20.9 Å². The van der Waals surface area contributed by atoms with E-state index < -0.39 is 0 Å². The zero-order valence-electron chi connectivity index (χ0n) is 7.33. The Morgan fingerprint density at radius 1 is 1.46 bits per heavy atom. The van der Waals surface area contributed by atoms with Crippen molar-refractivity contribution in [2.75, 3.05) is 5.33 Å². The maximum Gasteiger partial charge on any atom is 0.263 e. The maximum atomic E-state index is 11.3. The lowest BCUT2D eigenvalue weighted by Crippen LogP contribution is -1.98. The Balaban J connectivity index is 2.19. The molecule has 13 heavy (non-hydrogen) atoms. The number of nitrogens with zero attached hydrogens (tertiary/aromatic N) is 1. The Hall–Kier alpha value is -0.640. The van der Waals surface area contributed by atoms with Crippen LogP contribution in [0.2, 0.25) is 0 Å². The molecule has 0 aliphatic heterocycles. The number of aromatic nitrogens is 1. The van der Waals surface area contributed by atoms with Crippen LogP contribution in [0, 0.1) is 0 Å². The van der Waals surface area contributed by atoms with E-state index in [1.165, 1.54) is 12.5 Å². The van der Waals surface area contributed by atoms with E-state index in [9.17, 15) is 4.79 Å². The highest BCUT2D eigenvalue weighted by Crippen LogP contribution is 2.06. The zero-order valence-corrected chi connectivity index (χ0v) is 8.92. The molecular formula is C9H12BrNO2. The van der Waals surface area contributed by atoms with Crippen molar-refractivity contribution >= 4 is 21.7 Å². The van der Waals surface area contributed by atoms with Crippen molar-refractivity contribution in [3.63, 3.8) is 0 Å². The summed E-state index contributed by atoms with van der Waals surface area (Å²) in [5.41, 5.74) is 0. The predicted molar refractivity (Wildman–Crippen MR) is 53.1 cm³/mol. The molecule has 3 nitrogen and oxygen atoms in total. The second kappa shape index (κ2) is 5.91. The van der Waals surface area contributed by atoms with Gasteiger partial charge >= 0.3 is 0 Å². The van der Waals surface area contributed by atoms with Crippen molar-refractivity contribution in [3.8, 4) is 0 Å². The summed E-state index contributed by atoms with van der Waals surface area (Å²) >= 11 is 3.34. The van der Waals surface area contributed by atoms with Gasteiger partial charge in [-0.1, -0.05) is 22.4 Å². The van der Waals surface area contributed by atoms with Crippen LogP contribution in [0.3, 0.4) is 0 Å². The van der Waals surface area contributed by atoms with Gasteiger partial charge in [0, 0.05) is 11.8 Å². The molecular weight excluding hydrogens is 234 g/mol. The van der Waals surface area contributed by atoms with Crippen molar-refractivity contribution in [1.82, 2.24) is 4.98 Å². The molecule has 0 aliphatic rings. The Bertz CT molecular complexity index is 246. The first kappa shape index (κ1) is 10.4. The second-order valence-electron chi connectivity index (χ2n) is 2.76. The molecule has 4 heteroatoms. The van der Waals surface area contributed by atoms with Gasteiger partial charge in [0.25, 0.3) is 5.89 Å². The smallest absolute Gasteiger partial charge is 0.263 e. The van der Waals surface area contributed by atoms with Crippen molar-refractivity contribution in [1.29, 1.82) is 0 Å². The Morgan fingerprint density at radius 3 is 2.92 bits per heavy atom. The average molecular weight is 246 g/mol. The summed E-state index contributed by atoms with van der Waals surface area (Å²) in [6.07, 6.45) is 6.54. The average Bonchev–Trinajstić information content (AvgIpc) is 2.65. The van der Waals surface area contributed by atoms with Gasteiger partial charge in [0.2, 0.25) is 5.78 Å². The normalized spacial score (nSPS) is 10.2. The second-order valence-corrected chi connectivity index (χ2v) is 3.55. The number of hydrogen-bond donors (Lipinski definition) is 0. The number of alkyl halides is 1. The molecule has 0 radical (unpaired) electrons. The number of oxazole rings is 1. The molecule has 0 saturated heterocycles. The molecule has 72 valence electrons. The lowest BCUT2D eigenvalue weighted by atomic mass is 10.1. The van der Waals surface area contributed by atoms with Crippen LogP contribution in [0.15, 0.2) is 16.9 Å². The fourth-order valence-corrected chi connectivity index (χ4v) is 1.42. The first-order valence-electron chi connectivity index (χ1n) is 4.33. The van der Waals surface area contributed by atoms with E-state index in [1.807, 2.05) is 0 Å². The van der Waals surface area contributed by atoms with Crippen LogP contribution in [-0.4, -0.2) is 16.1 Å².